The summed E-state index contributed by atoms with van der Waals surface area (Å²) in [5, 5.41) is -0.167. The second-order valence-corrected chi connectivity index (χ2v) is 7.52. The first kappa shape index (κ1) is 18.1. The lowest BCUT2D eigenvalue weighted by Gasteiger charge is -2.14. The average molecular weight is 408 g/mol. The van der Waals surface area contributed by atoms with Crippen molar-refractivity contribution in [2.24, 2.45) is 11.7 Å². The third-order valence-electron chi connectivity index (χ3n) is 2.97. The van der Waals surface area contributed by atoms with Crippen molar-refractivity contribution in [1.82, 2.24) is 4.72 Å². The number of nitrogens with one attached hydrogen (secondary N) is 1. The zero-order valence-corrected chi connectivity index (χ0v) is 14.2. The van der Waals surface area contributed by atoms with Crippen LogP contribution in [0.2, 0.25) is 5.02 Å². The maximum Gasteiger partial charge on any atom is 0.243 e. The summed E-state index contributed by atoms with van der Waals surface area (Å²) < 4.78 is 39.8. The Morgan fingerprint density at radius 2 is 2.10 bits per heavy atom. The molecule has 1 unspecified atom stereocenters. The van der Waals surface area contributed by atoms with Gasteiger partial charge in [0, 0.05) is 17.1 Å². The third-order valence-corrected chi connectivity index (χ3v) is 5.79. The first-order valence-electron chi connectivity index (χ1n) is 5.71. The van der Waals surface area contributed by atoms with Crippen LogP contribution in [0.1, 0.15) is 12.8 Å². The Hall–Kier alpha value is 0.0800. The zero-order chi connectivity index (χ0) is 14.2. The highest BCUT2D eigenvalue weighted by molar-refractivity contribution is 9.10. The van der Waals surface area contributed by atoms with E-state index in [4.69, 9.17) is 17.3 Å². The van der Waals surface area contributed by atoms with Crippen LogP contribution in [-0.4, -0.2) is 21.0 Å². The second kappa shape index (κ2) is 6.89. The predicted molar refractivity (Wildman–Crippen MR) is 82.2 cm³/mol. The van der Waals surface area contributed by atoms with Crippen molar-refractivity contribution in [1.29, 1.82) is 0 Å². The second-order valence-electron chi connectivity index (χ2n) is 4.55. The largest absolute Gasteiger partial charge is 0.326 e. The van der Waals surface area contributed by atoms with Crippen molar-refractivity contribution >= 4 is 50.0 Å². The molecule has 1 saturated carbocycles. The van der Waals surface area contributed by atoms with Crippen LogP contribution in [0.4, 0.5) is 4.39 Å². The van der Waals surface area contributed by atoms with E-state index in [0.717, 1.165) is 25.0 Å². The molecule has 114 valence electrons. The number of hydrogen-bond acceptors (Lipinski definition) is 3. The fourth-order valence-corrected chi connectivity index (χ4v) is 4.64. The summed E-state index contributed by atoms with van der Waals surface area (Å²) in [5.41, 5.74) is 5.83. The Labute approximate surface area is 136 Å². The van der Waals surface area contributed by atoms with Gasteiger partial charge in [-0.05, 0) is 46.8 Å². The Balaban J connectivity index is 0.00000200. The molecule has 2 rings (SSSR count). The van der Waals surface area contributed by atoms with Crippen LogP contribution in [0.25, 0.3) is 0 Å². The number of halogens is 4. The maximum atomic E-state index is 13.1. The Morgan fingerprint density at radius 3 is 2.60 bits per heavy atom. The molecule has 1 aliphatic rings. The molecule has 1 aromatic carbocycles. The van der Waals surface area contributed by atoms with Gasteiger partial charge in [0.05, 0.1) is 5.02 Å². The lowest BCUT2D eigenvalue weighted by atomic mass is 10.2. The maximum absolute atomic E-state index is 13.1. The van der Waals surface area contributed by atoms with E-state index in [1.807, 2.05) is 0 Å². The Bertz CT molecular complexity index is 573. The average Bonchev–Trinajstić information content (AvgIpc) is 3.07. The van der Waals surface area contributed by atoms with Crippen molar-refractivity contribution in [3.05, 3.63) is 27.4 Å². The van der Waals surface area contributed by atoms with Gasteiger partial charge in [-0.1, -0.05) is 11.6 Å². The molecule has 1 atom stereocenters. The molecule has 0 bridgehead atoms. The van der Waals surface area contributed by atoms with E-state index in [2.05, 4.69) is 20.7 Å². The van der Waals surface area contributed by atoms with Crippen molar-refractivity contribution in [3.8, 4) is 0 Å². The van der Waals surface area contributed by atoms with Gasteiger partial charge >= 0.3 is 0 Å². The fourth-order valence-electron chi connectivity index (χ4n) is 1.75. The highest BCUT2D eigenvalue weighted by atomic mass is 79.9. The third kappa shape index (κ3) is 4.29. The summed E-state index contributed by atoms with van der Waals surface area (Å²) in [7, 11) is -3.81. The molecule has 1 aromatic rings. The molecular formula is C11H14BrCl2FN2O2S. The molecule has 0 radical (unpaired) electrons. The predicted octanol–water partition coefficient (Wildman–Crippen LogP) is 2.68. The molecule has 4 nitrogen and oxygen atoms in total. The van der Waals surface area contributed by atoms with E-state index in [9.17, 15) is 12.8 Å². The summed E-state index contributed by atoms with van der Waals surface area (Å²) in [4.78, 5) is -0.168. The number of sulfonamides is 1. The van der Waals surface area contributed by atoms with Crippen LogP contribution in [0, 0.1) is 11.7 Å². The van der Waals surface area contributed by atoms with Crippen molar-refractivity contribution in [2.75, 3.05) is 6.54 Å². The minimum Gasteiger partial charge on any atom is -0.326 e. The lowest BCUT2D eigenvalue weighted by Crippen LogP contribution is -2.38. The molecule has 1 fully saturated rings. The van der Waals surface area contributed by atoms with E-state index >= 15 is 0 Å². The highest BCUT2D eigenvalue weighted by Crippen LogP contribution is 2.32. The van der Waals surface area contributed by atoms with E-state index in [-0.39, 0.29) is 39.4 Å². The molecule has 3 N–H and O–H groups in total. The van der Waals surface area contributed by atoms with Gasteiger partial charge in [0.25, 0.3) is 0 Å². The van der Waals surface area contributed by atoms with Crippen LogP contribution in [0.5, 0.6) is 0 Å². The van der Waals surface area contributed by atoms with Gasteiger partial charge in [-0.3, -0.25) is 0 Å². The van der Waals surface area contributed by atoms with Crippen molar-refractivity contribution in [2.45, 2.75) is 23.8 Å². The van der Waals surface area contributed by atoms with Crippen LogP contribution in [0.3, 0.4) is 0 Å². The number of benzene rings is 1. The molecule has 0 aromatic heterocycles. The van der Waals surface area contributed by atoms with Gasteiger partial charge < -0.3 is 5.73 Å². The molecular weight excluding hydrogens is 394 g/mol. The lowest BCUT2D eigenvalue weighted by molar-refractivity contribution is 0.547. The van der Waals surface area contributed by atoms with E-state index in [1.165, 1.54) is 0 Å². The molecule has 20 heavy (non-hydrogen) atoms. The minimum absolute atomic E-state index is 0. The monoisotopic (exact) mass is 406 g/mol. The Kier molecular flexibility index (Phi) is 6.25. The molecule has 0 heterocycles. The van der Waals surface area contributed by atoms with Gasteiger partial charge in [-0.15, -0.1) is 12.4 Å². The highest BCUT2D eigenvalue weighted by Gasteiger charge is 2.30. The normalized spacial score (nSPS) is 16.6. The van der Waals surface area contributed by atoms with Gasteiger partial charge in [-0.25, -0.2) is 17.5 Å². The smallest absolute Gasteiger partial charge is 0.243 e. The van der Waals surface area contributed by atoms with Gasteiger partial charge in [-0.2, -0.15) is 0 Å². The van der Waals surface area contributed by atoms with Gasteiger partial charge in [0.2, 0.25) is 10.0 Å². The molecule has 9 heteroatoms. The van der Waals surface area contributed by atoms with Crippen molar-refractivity contribution in [3.63, 3.8) is 0 Å². The molecule has 0 spiro atoms. The molecule has 0 saturated heterocycles. The minimum atomic E-state index is -3.81. The van der Waals surface area contributed by atoms with Crippen LogP contribution >= 0.6 is 39.9 Å². The molecule has 1 aliphatic carbocycles. The van der Waals surface area contributed by atoms with Crippen molar-refractivity contribution < 1.29 is 12.8 Å². The first-order valence-corrected chi connectivity index (χ1v) is 8.36. The van der Waals surface area contributed by atoms with E-state index in [1.54, 1.807) is 0 Å². The quantitative estimate of drug-likeness (QED) is 0.787. The number of hydrogen-bond donors (Lipinski definition) is 2. The van der Waals surface area contributed by atoms with E-state index < -0.39 is 15.8 Å². The number of nitrogens with two attached hydrogens (primary N) is 1. The molecule has 0 aliphatic heterocycles. The summed E-state index contributed by atoms with van der Waals surface area (Å²) in [5.74, 6) is -0.222. The van der Waals surface area contributed by atoms with Crippen LogP contribution in [0.15, 0.2) is 21.5 Å². The summed E-state index contributed by atoms with van der Waals surface area (Å²) in [6, 6.07) is 1.82. The van der Waals surface area contributed by atoms with Gasteiger partial charge in [0.15, 0.2) is 0 Å². The number of rotatable bonds is 5. The topological polar surface area (TPSA) is 72.2 Å². The SMILES string of the molecule is Cl.NC(CNS(=O)(=O)c1c(Cl)cc(F)cc1Br)C1CC1. The summed E-state index contributed by atoms with van der Waals surface area (Å²) in [6.07, 6.45) is 2.06. The van der Waals surface area contributed by atoms with Crippen LogP contribution < -0.4 is 10.5 Å². The molecule has 0 amide bonds. The fraction of sp³-hybridized carbons (Fsp3) is 0.455. The standard InChI is InChI=1S/C11H13BrClFN2O2S.ClH/c12-8-3-7(14)4-9(13)11(8)19(17,18)16-5-10(15)6-1-2-6;/h3-4,6,10,16H,1-2,5,15H2;1H. The summed E-state index contributed by atoms with van der Waals surface area (Å²) in [6.45, 7) is 0.146. The van der Waals surface area contributed by atoms with E-state index in [0.29, 0.717) is 5.92 Å². The first-order chi connectivity index (χ1) is 8.81. The summed E-state index contributed by atoms with van der Waals surface area (Å²) >= 11 is 8.80. The zero-order valence-electron chi connectivity index (χ0n) is 10.3. The Morgan fingerprint density at radius 1 is 1.50 bits per heavy atom. The van der Waals surface area contributed by atoms with Crippen LogP contribution in [-0.2, 0) is 10.0 Å². The van der Waals surface area contributed by atoms with Gasteiger partial charge in [0.1, 0.15) is 10.7 Å².